The van der Waals surface area contributed by atoms with Crippen molar-refractivity contribution in [2.75, 3.05) is 0 Å². The van der Waals surface area contributed by atoms with Crippen LogP contribution in [-0.2, 0) is 47.5 Å². The summed E-state index contributed by atoms with van der Waals surface area (Å²) in [5, 5.41) is 8.92. The Morgan fingerprint density at radius 2 is 0.750 bits per heavy atom. The zero-order valence-electron chi connectivity index (χ0n) is 40.9. The van der Waals surface area contributed by atoms with Gasteiger partial charge in [-0.25, -0.2) is 0 Å². The van der Waals surface area contributed by atoms with E-state index in [1.165, 1.54) is 117 Å². The summed E-state index contributed by atoms with van der Waals surface area (Å²) in [7, 11) is -2.20. The minimum absolute atomic E-state index is 0. The molecule has 0 N–H and O–H groups in total. The summed E-state index contributed by atoms with van der Waals surface area (Å²) in [6, 6.07) is 42.2. The molecule has 0 aliphatic heterocycles. The van der Waals surface area contributed by atoms with E-state index in [1.807, 2.05) is 0 Å². The van der Waals surface area contributed by atoms with Crippen molar-refractivity contribution in [3.05, 3.63) is 134 Å². The molecule has 60 heavy (non-hydrogen) atoms. The van der Waals surface area contributed by atoms with E-state index in [1.54, 1.807) is 10.4 Å². The predicted molar refractivity (Wildman–Crippen MR) is 271 cm³/mol. The van der Waals surface area contributed by atoms with Gasteiger partial charge in [0.15, 0.2) is 0 Å². The van der Waals surface area contributed by atoms with E-state index in [-0.39, 0.29) is 62.4 Å². The van der Waals surface area contributed by atoms with Crippen LogP contribution in [0.4, 0.5) is 0 Å². The van der Waals surface area contributed by atoms with Gasteiger partial charge in [-0.3, -0.25) is 0 Å². The zero-order chi connectivity index (χ0) is 41.6. The second kappa shape index (κ2) is 19.7. The Morgan fingerprint density at radius 3 is 1.03 bits per heavy atom. The van der Waals surface area contributed by atoms with E-state index in [9.17, 15) is 0 Å². The molecule has 2 heteroatoms. The van der Waals surface area contributed by atoms with Crippen molar-refractivity contribution in [1.82, 2.24) is 0 Å². The van der Waals surface area contributed by atoms with Crippen molar-refractivity contribution >= 4 is 40.0 Å². The molecule has 0 heterocycles. The van der Waals surface area contributed by atoms with Gasteiger partial charge in [0.05, 0.1) is 8.07 Å². The average molecular weight is 984 g/mol. The SMILES string of the molecule is CCCCC[Si](CCCCC)(c1cc2c(-c3cc(C(C)(C)C)cc(C(C)(C)C)c3)cccc2[cH-]1)c1cc2c(-c3cc(C(C)(C)C)cc(C(C)(C)C)c3)cccc2[cH-]1.[CH3-].[CH3-].[Hf+4]. The van der Waals surface area contributed by atoms with Crippen LogP contribution in [0.2, 0.25) is 12.1 Å². The van der Waals surface area contributed by atoms with Crippen LogP contribution >= 0.6 is 0 Å². The number of hydrogen-bond acceptors (Lipinski definition) is 0. The topological polar surface area (TPSA) is 0 Å². The molecule has 0 fully saturated rings. The summed E-state index contributed by atoms with van der Waals surface area (Å²) in [5.74, 6) is 0. The molecule has 0 saturated heterocycles. The smallest absolute Gasteiger partial charge is 0.358 e. The third kappa shape index (κ3) is 11.0. The van der Waals surface area contributed by atoms with Crippen molar-refractivity contribution < 1.29 is 25.8 Å². The van der Waals surface area contributed by atoms with Gasteiger partial charge in [0, 0.05) is 0 Å². The molecule has 320 valence electrons. The molecule has 6 aromatic carbocycles. The molecule has 0 aliphatic carbocycles. The van der Waals surface area contributed by atoms with Crippen LogP contribution in [0.25, 0.3) is 43.8 Å². The van der Waals surface area contributed by atoms with E-state index >= 15 is 0 Å². The molecule has 6 rings (SSSR count). The summed E-state index contributed by atoms with van der Waals surface area (Å²) in [6.07, 6.45) is 7.68. The fourth-order valence-electron chi connectivity index (χ4n) is 9.05. The Kier molecular flexibility index (Phi) is 16.9. The van der Waals surface area contributed by atoms with Crippen molar-refractivity contribution in [3.63, 3.8) is 0 Å². The minimum atomic E-state index is -2.20. The average Bonchev–Trinajstić information content (AvgIpc) is 3.78. The maximum absolute atomic E-state index is 2.68. The van der Waals surface area contributed by atoms with Gasteiger partial charge in [-0.2, -0.15) is 12.1 Å². The first kappa shape index (κ1) is 51.5. The number of hydrogen-bond donors (Lipinski definition) is 0. The molecule has 0 atom stereocenters. The van der Waals surface area contributed by atoms with Crippen molar-refractivity contribution in [1.29, 1.82) is 0 Å². The van der Waals surface area contributed by atoms with Crippen LogP contribution in [0.15, 0.2) is 97.1 Å². The summed E-state index contributed by atoms with van der Waals surface area (Å²) in [6.45, 7) is 33.0. The standard InChI is InChI=1S/C56H74Si.2CH3.Hf/c1-15-17-19-27-57(28-20-18-16-2,47-33-39-23-21-25-49(51(39)37-47)41-29-43(53(3,4)5)35-44(30-41)54(6,7)8)48-34-40-24-22-26-50(52(40)38-48)42-31-45(55(9,10)11)36-46(32-42)56(12,13)14;;;/h21-26,29-38H,15-20,27-28H2,1-14H3;2*1H3;/q-2;2*-1;+4. The number of fused-ring (bicyclic) bond motifs is 2. The first-order valence-corrected chi connectivity index (χ1v) is 24.8. The molecule has 0 aliphatic rings. The van der Waals surface area contributed by atoms with Gasteiger partial charge in [-0.15, -0.1) is 68.3 Å². The second-order valence-electron chi connectivity index (χ2n) is 21.7. The number of unbranched alkanes of at least 4 members (excludes halogenated alkanes) is 4. The third-order valence-corrected chi connectivity index (χ3v) is 18.2. The maximum atomic E-state index is 2.68. The normalized spacial score (nSPS) is 12.6. The summed E-state index contributed by atoms with van der Waals surface area (Å²) in [4.78, 5) is 0. The Morgan fingerprint density at radius 1 is 0.433 bits per heavy atom. The molecular formula is C58H80HfSi. The minimum Gasteiger partial charge on any atom is -0.358 e. The number of rotatable bonds is 12. The number of benzene rings is 4. The van der Waals surface area contributed by atoms with Crippen molar-refractivity contribution in [2.24, 2.45) is 0 Å². The van der Waals surface area contributed by atoms with Crippen molar-refractivity contribution in [3.8, 4) is 22.3 Å². The zero-order valence-corrected chi connectivity index (χ0v) is 45.5. The molecule has 0 nitrogen and oxygen atoms in total. The van der Waals surface area contributed by atoms with Gasteiger partial charge in [0.25, 0.3) is 0 Å². The van der Waals surface area contributed by atoms with E-state index in [4.69, 9.17) is 0 Å². The van der Waals surface area contributed by atoms with Gasteiger partial charge in [-0.05, 0) is 55.0 Å². The molecule has 0 aromatic heterocycles. The van der Waals surface area contributed by atoms with Gasteiger partial charge < -0.3 is 14.9 Å². The quantitative estimate of drug-likeness (QED) is 0.0651. The summed E-state index contributed by atoms with van der Waals surface area (Å²) < 4.78 is 0. The Hall–Kier alpha value is -2.81. The van der Waals surface area contributed by atoms with E-state index in [2.05, 4.69) is 194 Å². The molecule has 6 aromatic rings. The fraction of sp³-hybridized carbons (Fsp3) is 0.448. The van der Waals surface area contributed by atoms with Crippen molar-refractivity contribution in [2.45, 2.75) is 169 Å². The predicted octanol–water partition coefficient (Wildman–Crippen LogP) is 16.8. The third-order valence-electron chi connectivity index (χ3n) is 13.0. The van der Waals surface area contributed by atoms with E-state index in [0.29, 0.717) is 0 Å². The van der Waals surface area contributed by atoms with Crippen LogP contribution in [0, 0.1) is 14.9 Å². The largest absolute Gasteiger partial charge is 4.00 e. The van der Waals surface area contributed by atoms with Gasteiger partial charge in [0.1, 0.15) is 0 Å². The maximum Gasteiger partial charge on any atom is 4.00 e. The second-order valence-corrected chi connectivity index (χ2v) is 26.0. The first-order valence-electron chi connectivity index (χ1n) is 22.4. The summed E-state index contributed by atoms with van der Waals surface area (Å²) in [5.41, 5.74) is 11.4. The Labute approximate surface area is 388 Å². The Bertz CT molecular complexity index is 2080. The van der Waals surface area contributed by atoms with Gasteiger partial charge in [0.2, 0.25) is 0 Å². The van der Waals surface area contributed by atoms with Gasteiger partial charge in [-0.1, -0.05) is 207 Å². The first-order chi connectivity index (χ1) is 26.7. The van der Waals surface area contributed by atoms with E-state index in [0.717, 1.165) is 0 Å². The fourth-order valence-corrected chi connectivity index (χ4v) is 14.2. The van der Waals surface area contributed by atoms with Crippen LogP contribution in [-0.4, -0.2) is 8.07 Å². The van der Waals surface area contributed by atoms with Crippen LogP contribution in [0.3, 0.4) is 0 Å². The monoisotopic (exact) mass is 985 g/mol. The molecule has 0 radical (unpaired) electrons. The Balaban J connectivity index is 0.00000320. The van der Waals surface area contributed by atoms with Crippen LogP contribution in [0.5, 0.6) is 0 Å². The molecule has 0 saturated carbocycles. The van der Waals surface area contributed by atoms with Crippen LogP contribution in [0.1, 0.15) is 158 Å². The molecule has 0 bridgehead atoms. The summed E-state index contributed by atoms with van der Waals surface area (Å²) >= 11 is 0. The van der Waals surface area contributed by atoms with Gasteiger partial charge >= 0.3 is 25.8 Å². The van der Waals surface area contributed by atoms with Crippen LogP contribution < -0.4 is 10.4 Å². The van der Waals surface area contributed by atoms with E-state index < -0.39 is 8.07 Å². The molecular weight excluding hydrogens is 903 g/mol. The molecule has 0 unspecified atom stereocenters. The molecule has 0 amide bonds. The molecule has 0 spiro atoms.